The SMILES string of the molecule is CCOC(=O)c1ccc(Br)cc1C(=O)c1cc(F)cc(OC)c1. The molecule has 2 aromatic rings. The zero-order valence-electron chi connectivity index (χ0n) is 12.6. The Labute approximate surface area is 141 Å². The summed E-state index contributed by atoms with van der Waals surface area (Å²) >= 11 is 3.26. The highest BCUT2D eigenvalue weighted by Gasteiger charge is 2.21. The predicted molar refractivity (Wildman–Crippen MR) is 86.5 cm³/mol. The van der Waals surface area contributed by atoms with Crippen molar-refractivity contribution in [3.63, 3.8) is 0 Å². The molecule has 0 spiro atoms. The zero-order valence-corrected chi connectivity index (χ0v) is 14.1. The highest BCUT2D eigenvalue weighted by atomic mass is 79.9. The van der Waals surface area contributed by atoms with Crippen molar-refractivity contribution in [2.75, 3.05) is 13.7 Å². The van der Waals surface area contributed by atoms with Gasteiger partial charge in [-0.2, -0.15) is 0 Å². The summed E-state index contributed by atoms with van der Waals surface area (Å²) in [4.78, 5) is 24.7. The predicted octanol–water partition coefficient (Wildman–Crippen LogP) is 4.00. The van der Waals surface area contributed by atoms with E-state index in [0.717, 1.165) is 6.07 Å². The number of esters is 1. The third-order valence-corrected chi connectivity index (χ3v) is 3.58. The van der Waals surface area contributed by atoms with Crippen molar-refractivity contribution in [2.24, 2.45) is 0 Å². The molecule has 0 aromatic heterocycles. The first-order valence-electron chi connectivity index (χ1n) is 6.82. The molecule has 120 valence electrons. The minimum atomic E-state index is -0.605. The van der Waals surface area contributed by atoms with Gasteiger partial charge in [0.15, 0.2) is 5.78 Å². The summed E-state index contributed by atoms with van der Waals surface area (Å²) in [5.74, 6) is -1.47. The standard InChI is InChI=1S/C17H14BrFO4/c1-3-23-17(21)14-5-4-11(18)8-15(14)16(20)10-6-12(19)9-13(7-10)22-2/h4-9H,3H2,1-2H3. The Morgan fingerprint density at radius 2 is 1.87 bits per heavy atom. The minimum Gasteiger partial charge on any atom is -0.497 e. The Balaban J connectivity index is 2.52. The molecule has 4 nitrogen and oxygen atoms in total. The van der Waals surface area contributed by atoms with Crippen LogP contribution in [0.1, 0.15) is 33.2 Å². The highest BCUT2D eigenvalue weighted by Crippen LogP contribution is 2.23. The van der Waals surface area contributed by atoms with Gasteiger partial charge in [0.2, 0.25) is 0 Å². The Morgan fingerprint density at radius 3 is 2.52 bits per heavy atom. The number of benzene rings is 2. The van der Waals surface area contributed by atoms with Crippen LogP contribution >= 0.6 is 15.9 Å². The molecular formula is C17H14BrFO4. The van der Waals surface area contributed by atoms with Crippen molar-refractivity contribution in [3.05, 3.63) is 63.4 Å². The molecule has 0 N–H and O–H groups in total. The van der Waals surface area contributed by atoms with Gasteiger partial charge in [-0.3, -0.25) is 4.79 Å². The van der Waals surface area contributed by atoms with Crippen LogP contribution in [0.2, 0.25) is 0 Å². The molecule has 0 fully saturated rings. The Hall–Kier alpha value is -2.21. The van der Waals surface area contributed by atoms with E-state index in [2.05, 4.69) is 15.9 Å². The summed E-state index contributed by atoms with van der Waals surface area (Å²) in [7, 11) is 1.38. The quantitative estimate of drug-likeness (QED) is 0.580. The van der Waals surface area contributed by atoms with Crippen LogP contribution in [0.25, 0.3) is 0 Å². The summed E-state index contributed by atoms with van der Waals surface area (Å²) in [6.45, 7) is 1.87. The van der Waals surface area contributed by atoms with Gasteiger partial charge in [0.25, 0.3) is 0 Å². The van der Waals surface area contributed by atoms with Gasteiger partial charge in [-0.25, -0.2) is 9.18 Å². The highest BCUT2D eigenvalue weighted by molar-refractivity contribution is 9.10. The fourth-order valence-electron chi connectivity index (χ4n) is 2.06. The van der Waals surface area contributed by atoms with Gasteiger partial charge in [0.05, 0.1) is 19.3 Å². The van der Waals surface area contributed by atoms with Gasteiger partial charge >= 0.3 is 5.97 Å². The molecule has 2 aromatic carbocycles. The summed E-state index contributed by atoms with van der Waals surface area (Å²) in [6, 6.07) is 8.32. The maximum Gasteiger partial charge on any atom is 0.338 e. The number of methoxy groups -OCH3 is 1. The lowest BCUT2D eigenvalue weighted by molar-refractivity contribution is 0.0523. The fourth-order valence-corrected chi connectivity index (χ4v) is 2.42. The fraction of sp³-hybridized carbons (Fsp3) is 0.176. The molecule has 0 saturated carbocycles. The second-order valence-electron chi connectivity index (χ2n) is 4.62. The number of ketones is 1. The van der Waals surface area contributed by atoms with E-state index < -0.39 is 17.6 Å². The van der Waals surface area contributed by atoms with Crippen LogP contribution in [-0.2, 0) is 4.74 Å². The van der Waals surface area contributed by atoms with E-state index in [0.29, 0.717) is 4.47 Å². The molecule has 0 unspecified atom stereocenters. The number of hydrogen-bond donors (Lipinski definition) is 0. The number of halogens is 2. The third-order valence-electron chi connectivity index (χ3n) is 3.09. The van der Waals surface area contributed by atoms with Crippen molar-refractivity contribution in [2.45, 2.75) is 6.92 Å². The van der Waals surface area contributed by atoms with E-state index in [1.807, 2.05) is 0 Å². The molecule has 0 saturated heterocycles. The van der Waals surface area contributed by atoms with E-state index in [9.17, 15) is 14.0 Å². The maximum absolute atomic E-state index is 13.6. The molecular weight excluding hydrogens is 367 g/mol. The number of carbonyl (C=O) groups is 2. The number of hydrogen-bond acceptors (Lipinski definition) is 4. The average molecular weight is 381 g/mol. The molecule has 0 heterocycles. The van der Waals surface area contributed by atoms with Crippen LogP contribution in [0.4, 0.5) is 4.39 Å². The number of ether oxygens (including phenoxy) is 2. The maximum atomic E-state index is 13.6. The van der Waals surface area contributed by atoms with Gasteiger partial charge in [-0.05, 0) is 37.3 Å². The monoisotopic (exact) mass is 380 g/mol. The molecule has 0 bridgehead atoms. The number of carbonyl (C=O) groups excluding carboxylic acids is 2. The second-order valence-corrected chi connectivity index (χ2v) is 5.53. The lowest BCUT2D eigenvalue weighted by Crippen LogP contribution is -2.13. The molecule has 0 atom stereocenters. The third kappa shape index (κ3) is 3.96. The zero-order chi connectivity index (χ0) is 17.0. The molecule has 0 aliphatic heterocycles. The largest absolute Gasteiger partial charge is 0.497 e. The van der Waals surface area contributed by atoms with Crippen LogP contribution in [0.3, 0.4) is 0 Å². The number of rotatable bonds is 5. The van der Waals surface area contributed by atoms with Gasteiger partial charge in [0, 0.05) is 21.7 Å². The first-order chi connectivity index (χ1) is 11.0. The van der Waals surface area contributed by atoms with Crippen LogP contribution in [0, 0.1) is 5.82 Å². The molecule has 0 aliphatic carbocycles. The van der Waals surface area contributed by atoms with E-state index in [1.165, 1.54) is 31.4 Å². The molecule has 2 rings (SSSR count). The topological polar surface area (TPSA) is 52.6 Å². The Bertz CT molecular complexity index is 758. The van der Waals surface area contributed by atoms with Gasteiger partial charge in [0.1, 0.15) is 11.6 Å². The van der Waals surface area contributed by atoms with Crippen molar-refractivity contribution in [3.8, 4) is 5.75 Å². The summed E-state index contributed by atoms with van der Waals surface area (Å²) in [5.41, 5.74) is 0.347. The first-order valence-corrected chi connectivity index (χ1v) is 7.61. The van der Waals surface area contributed by atoms with E-state index in [4.69, 9.17) is 9.47 Å². The summed E-state index contributed by atoms with van der Waals surface area (Å²) < 4.78 is 24.2. The smallest absolute Gasteiger partial charge is 0.338 e. The van der Waals surface area contributed by atoms with Crippen LogP contribution in [0.15, 0.2) is 40.9 Å². The second kappa shape index (κ2) is 7.37. The molecule has 0 aliphatic rings. The van der Waals surface area contributed by atoms with Crippen molar-refractivity contribution in [1.82, 2.24) is 0 Å². The van der Waals surface area contributed by atoms with E-state index >= 15 is 0 Å². The van der Waals surface area contributed by atoms with Gasteiger partial charge in [-0.1, -0.05) is 15.9 Å². The lowest BCUT2D eigenvalue weighted by Gasteiger charge is -2.10. The lowest BCUT2D eigenvalue weighted by atomic mass is 9.98. The van der Waals surface area contributed by atoms with Crippen molar-refractivity contribution in [1.29, 1.82) is 0 Å². The Kier molecular flexibility index (Phi) is 5.50. The normalized spacial score (nSPS) is 10.3. The Morgan fingerprint density at radius 1 is 1.13 bits per heavy atom. The first kappa shape index (κ1) is 17.1. The van der Waals surface area contributed by atoms with Gasteiger partial charge < -0.3 is 9.47 Å². The van der Waals surface area contributed by atoms with Crippen LogP contribution in [-0.4, -0.2) is 25.5 Å². The van der Waals surface area contributed by atoms with E-state index in [1.54, 1.807) is 13.0 Å². The minimum absolute atomic E-state index is 0.0884. The van der Waals surface area contributed by atoms with Gasteiger partial charge in [-0.15, -0.1) is 0 Å². The van der Waals surface area contributed by atoms with Crippen LogP contribution in [0.5, 0.6) is 5.75 Å². The summed E-state index contributed by atoms with van der Waals surface area (Å²) in [5, 5.41) is 0. The van der Waals surface area contributed by atoms with E-state index in [-0.39, 0.29) is 29.0 Å². The average Bonchev–Trinajstić information content (AvgIpc) is 2.53. The van der Waals surface area contributed by atoms with Crippen LogP contribution < -0.4 is 4.74 Å². The molecule has 0 radical (unpaired) electrons. The summed E-state index contributed by atoms with van der Waals surface area (Å²) in [6.07, 6.45) is 0. The van der Waals surface area contributed by atoms with Crippen molar-refractivity contribution >= 4 is 27.7 Å². The molecule has 6 heteroatoms. The molecule has 0 amide bonds. The molecule has 23 heavy (non-hydrogen) atoms. The van der Waals surface area contributed by atoms with Crippen molar-refractivity contribution < 1.29 is 23.5 Å².